The van der Waals surface area contributed by atoms with Crippen LogP contribution < -0.4 is 5.32 Å². The Morgan fingerprint density at radius 3 is 2.83 bits per heavy atom. The maximum absolute atomic E-state index is 12.8. The molecule has 1 amide bonds. The normalized spacial score (nSPS) is 25.2. The lowest BCUT2D eigenvalue weighted by Crippen LogP contribution is -2.52. The number of hydrogen-bond acceptors (Lipinski definition) is 4. The molecule has 24 heavy (non-hydrogen) atoms. The Balaban J connectivity index is 1.52. The number of fused-ring (bicyclic) bond motifs is 1. The van der Waals surface area contributed by atoms with Crippen molar-refractivity contribution >= 4 is 16.8 Å². The van der Waals surface area contributed by atoms with Crippen molar-refractivity contribution in [3.8, 4) is 0 Å². The van der Waals surface area contributed by atoms with Crippen molar-refractivity contribution in [3.05, 3.63) is 30.0 Å². The SMILES string of the molecule is Cn1nc(C(=O)NC2COCC2N2CCCCC2)c2ccccc21. The molecular weight excluding hydrogens is 304 g/mol. The predicted molar refractivity (Wildman–Crippen MR) is 92.0 cm³/mol. The average molecular weight is 328 g/mol. The Morgan fingerprint density at radius 1 is 1.21 bits per heavy atom. The van der Waals surface area contributed by atoms with Crippen LogP contribution in [0.5, 0.6) is 0 Å². The van der Waals surface area contributed by atoms with Crippen LogP contribution in [0.2, 0.25) is 0 Å². The number of carbonyl (C=O) groups excluding carboxylic acids is 1. The molecule has 1 aromatic carbocycles. The van der Waals surface area contributed by atoms with E-state index in [-0.39, 0.29) is 18.0 Å². The van der Waals surface area contributed by atoms with Crippen LogP contribution in [0.3, 0.4) is 0 Å². The summed E-state index contributed by atoms with van der Waals surface area (Å²) in [4.78, 5) is 15.3. The van der Waals surface area contributed by atoms with Crippen molar-refractivity contribution in [3.63, 3.8) is 0 Å². The largest absolute Gasteiger partial charge is 0.378 e. The smallest absolute Gasteiger partial charge is 0.272 e. The molecule has 1 aromatic heterocycles. The molecule has 4 rings (SSSR count). The van der Waals surface area contributed by atoms with E-state index in [9.17, 15) is 4.79 Å². The molecule has 2 saturated heterocycles. The lowest BCUT2D eigenvalue weighted by Gasteiger charge is -2.34. The first-order valence-electron chi connectivity index (χ1n) is 8.78. The number of benzene rings is 1. The van der Waals surface area contributed by atoms with Crippen LogP contribution in [0.4, 0.5) is 0 Å². The van der Waals surface area contributed by atoms with E-state index in [1.54, 1.807) is 4.68 Å². The highest BCUT2D eigenvalue weighted by molar-refractivity contribution is 6.05. The number of para-hydroxylation sites is 1. The molecule has 2 aliphatic heterocycles. The molecule has 0 saturated carbocycles. The summed E-state index contributed by atoms with van der Waals surface area (Å²) in [7, 11) is 1.87. The number of hydrogen-bond donors (Lipinski definition) is 1. The summed E-state index contributed by atoms with van der Waals surface area (Å²) >= 11 is 0. The molecule has 0 radical (unpaired) electrons. The number of carbonyl (C=O) groups is 1. The second kappa shape index (κ2) is 6.53. The zero-order chi connectivity index (χ0) is 16.5. The van der Waals surface area contributed by atoms with Gasteiger partial charge >= 0.3 is 0 Å². The number of likely N-dealkylation sites (tertiary alicyclic amines) is 1. The topological polar surface area (TPSA) is 59.4 Å². The maximum atomic E-state index is 12.8. The monoisotopic (exact) mass is 328 g/mol. The fraction of sp³-hybridized carbons (Fsp3) is 0.556. The number of nitrogens with one attached hydrogen (secondary N) is 1. The van der Waals surface area contributed by atoms with Crippen LogP contribution in [0.1, 0.15) is 29.8 Å². The summed E-state index contributed by atoms with van der Waals surface area (Å²) in [6, 6.07) is 8.15. The van der Waals surface area contributed by atoms with Gasteiger partial charge in [0.1, 0.15) is 0 Å². The Hall–Kier alpha value is -1.92. The second-order valence-corrected chi connectivity index (χ2v) is 6.77. The lowest BCUT2D eigenvalue weighted by molar-refractivity contribution is 0.0896. The van der Waals surface area contributed by atoms with E-state index < -0.39 is 0 Å². The highest BCUT2D eigenvalue weighted by atomic mass is 16.5. The van der Waals surface area contributed by atoms with Crippen molar-refractivity contribution < 1.29 is 9.53 Å². The highest BCUT2D eigenvalue weighted by Crippen LogP contribution is 2.21. The van der Waals surface area contributed by atoms with Crippen LogP contribution in [-0.2, 0) is 11.8 Å². The van der Waals surface area contributed by atoms with Crippen LogP contribution >= 0.6 is 0 Å². The first kappa shape index (κ1) is 15.6. The molecule has 6 nitrogen and oxygen atoms in total. The molecule has 0 aliphatic carbocycles. The van der Waals surface area contributed by atoms with E-state index in [4.69, 9.17) is 4.74 Å². The van der Waals surface area contributed by atoms with E-state index in [0.29, 0.717) is 18.9 Å². The molecule has 2 unspecified atom stereocenters. The number of aromatic nitrogens is 2. The van der Waals surface area contributed by atoms with Crippen LogP contribution in [0, 0.1) is 0 Å². The Kier molecular flexibility index (Phi) is 4.24. The van der Waals surface area contributed by atoms with Gasteiger partial charge < -0.3 is 10.1 Å². The molecule has 0 bridgehead atoms. The molecule has 1 N–H and O–H groups in total. The summed E-state index contributed by atoms with van der Waals surface area (Å²) in [5.74, 6) is -0.107. The number of rotatable bonds is 3. The first-order chi connectivity index (χ1) is 11.7. The minimum absolute atomic E-state index is 0.0383. The van der Waals surface area contributed by atoms with E-state index in [0.717, 1.165) is 24.0 Å². The number of piperidine rings is 1. The van der Waals surface area contributed by atoms with Crippen molar-refractivity contribution in [1.29, 1.82) is 0 Å². The second-order valence-electron chi connectivity index (χ2n) is 6.77. The number of aryl methyl sites for hydroxylation is 1. The van der Waals surface area contributed by atoms with Crippen LogP contribution in [0.25, 0.3) is 10.9 Å². The Morgan fingerprint density at radius 2 is 2.00 bits per heavy atom. The lowest BCUT2D eigenvalue weighted by atomic mass is 10.0. The predicted octanol–water partition coefficient (Wildman–Crippen LogP) is 1.56. The third-order valence-corrected chi connectivity index (χ3v) is 5.20. The highest BCUT2D eigenvalue weighted by Gasteiger charge is 2.35. The number of ether oxygens (including phenoxy) is 1. The standard InChI is InChI=1S/C18H24N4O2/c1-21-15-8-4-3-7-13(15)17(20-21)18(23)19-14-11-24-12-16(14)22-9-5-2-6-10-22/h3-4,7-8,14,16H,2,5-6,9-12H2,1H3,(H,19,23). The van der Waals surface area contributed by atoms with Crippen molar-refractivity contribution in [2.75, 3.05) is 26.3 Å². The van der Waals surface area contributed by atoms with E-state index in [1.807, 2.05) is 31.3 Å². The molecule has 6 heteroatoms. The quantitative estimate of drug-likeness (QED) is 0.929. The maximum Gasteiger partial charge on any atom is 0.272 e. The van der Waals surface area contributed by atoms with Gasteiger partial charge in [-0.15, -0.1) is 0 Å². The molecular formula is C18H24N4O2. The van der Waals surface area contributed by atoms with Gasteiger partial charge in [0.25, 0.3) is 5.91 Å². The van der Waals surface area contributed by atoms with Crippen molar-refractivity contribution in [2.45, 2.75) is 31.3 Å². The summed E-state index contributed by atoms with van der Waals surface area (Å²) in [5.41, 5.74) is 1.47. The van der Waals surface area contributed by atoms with E-state index in [2.05, 4.69) is 15.3 Å². The van der Waals surface area contributed by atoms with Crippen LogP contribution in [0.15, 0.2) is 24.3 Å². The Labute approximate surface area is 141 Å². The molecule has 128 valence electrons. The number of amides is 1. The summed E-state index contributed by atoms with van der Waals surface area (Å²) in [6.07, 6.45) is 3.78. The van der Waals surface area contributed by atoms with Gasteiger partial charge in [0.05, 0.1) is 30.8 Å². The summed E-state index contributed by atoms with van der Waals surface area (Å²) < 4.78 is 7.43. The zero-order valence-corrected chi connectivity index (χ0v) is 14.1. The van der Waals surface area contributed by atoms with Gasteiger partial charge in [-0.25, -0.2) is 0 Å². The molecule has 0 spiro atoms. The first-order valence-corrected chi connectivity index (χ1v) is 8.78. The van der Waals surface area contributed by atoms with Gasteiger partial charge in [-0.05, 0) is 32.0 Å². The van der Waals surface area contributed by atoms with Crippen LogP contribution in [-0.4, -0.2) is 59.0 Å². The third-order valence-electron chi connectivity index (χ3n) is 5.20. The fourth-order valence-electron chi connectivity index (χ4n) is 3.91. The van der Waals surface area contributed by atoms with Gasteiger partial charge in [-0.3, -0.25) is 14.4 Å². The molecule has 2 atom stereocenters. The third kappa shape index (κ3) is 2.80. The van der Waals surface area contributed by atoms with Crippen molar-refractivity contribution in [2.24, 2.45) is 7.05 Å². The van der Waals surface area contributed by atoms with Gasteiger partial charge in [-0.2, -0.15) is 5.10 Å². The summed E-state index contributed by atoms with van der Waals surface area (Å²) in [6.45, 7) is 3.49. The zero-order valence-electron chi connectivity index (χ0n) is 14.1. The van der Waals surface area contributed by atoms with Gasteiger partial charge in [0.15, 0.2) is 5.69 Å². The van der Waals surface area contributed by atoms with Gasteiger partial charge in [0.2, 0.25) is 0 Å². The van der Waals surface area contributed by atoms with Gasteiger partial charge in [0, 0.05) is 12.4 Å². The van der Waals surface area contributed by atoms with Crippen molar-refractivity contribution in [1.82, 2.24) is 20.0 Å². The number of nitrogens with zero attached hydrogens (tertiary/aromatic N) is 3. The van der Waals surface area contributed by atoms with E-state index in [1.165, 1.54) is 19.3 Å². The van der Waals surface area contributed by atoms with E-state index >= 15 is 0 Å². The molecule has 2 fully saturated rings. The minimum atomic E-state index is -0.107. The minimum Gasteiger partial charge on any atom is -0.378 e. The van der Waals surface area contributed by atoms with Gasteiger partial charge in [-0.1, -0.05) is 24.6 Å². The molecule has 2 aliphatic rings. The Bertz CT molecular complexity index is 736. The molecule has 2 aromatic rings. The summed E-state index contributed by atoms with van der Waals surface area (Å²) in [5, 5.41) is 8.48. The molecule has 3 heterocycles. The fourth-order valence-corrected chi connectivity index (χ4v) is 3.91. The average Bonchev–Trinajstić information content (AvgIpc) is 3.21.